The summed E-state index contributed by atoms with van der Waals surface area (Å²) in [6.07, 6.45) is 1.97. The largest absolute Gasteiger partial charge is 0.478 e. The van der Waals surface area contributed by atoms with Crippen molar-refractivity contribution in [2.45, 2.75) is 6.92 Å². The highest BCUT2D eigenvalue weighted by atomic mass is 16.4. The normalized spacial score (nSPS) is 15.5. The second-order valence-corrected chi connectivity index (χ2v) is 5.03. The highest BCUT2D eigenvalue weighted by molar-refractivity contribution is 5.94. The maximum absolute atomic E-state index is 11.8. The molecule has 0 aliphatic carbocycles. The van der Waals surface area contributed by atoms with E-state index >= 15 is 0 Å². The van der Waals surface area contributed by atoms with Gasteiger partial charge in [0.2, 0.25) is 5.91 Å². The number of hydrogen-bond donors (Lipinski definition) is 2. The van der Waals surface area contributed by atoms with E-state index in [0.717, 1.165) is 29.1 Å². The van der Waals surface area contributed by atoms with Gasteiger partial charge in [-0.3, -0.25) is 4.79 Å². The summed E-state index contributed by atoms with van der Waals surface area (Å²) >= 11 is 0. The summed E-state index contributed by atoms with van der Waals surface area (Å²) in [5.41, 5.74) is 8.78. The van der Waals surface area contributed by atoms with Gasteiger partial charge in [-0.2, -0.15) is 0 Å². The first-order chi connectivity index (χ1) is 9.97. The van der Waals surface area contributed by atoms with Crippen molar-refractivity contribution in [2.24, 2.45) is 0 Å². The quantitative estimate of drug-likeness (QED) is 0.637. The smallest absolute Gasteiger partial charge is 0.328 e. The molecule has 0 atom stereocenters. The van der Waals surface area contributed by atoms with E-state index < -0.39 is 5.97 Å². The molecule has 0 spiro atoms. The molecule has 1 heterocycles. The number of anilines is 2. The Labute approximate surface area is 123 Å². The Balaban J connectivity index is 1.98. The molecule has 0 unspecified atom stereocenters. The molecular weight excluding hydrogens is 270 g/mol. The molecule has 112 valence electrons. The topological polar surface area (TPSA) is 86.9 Å². The van der Waals surface area contributed by atoms with Crippen molar-refractivity contribution in [3.05, 3.63) is 35.9 Å². The van der Waals surface area contributed by atoms with Crippen LogP contribution in [0.4, 0.5) is 11.4 Å². The number of carboxylic acid groups (broad SMARTS) is 1. The number of carboxylic acids is 1. The third kappa shape index (κ3) is 3.75. The number of piperazine rings is 1. The number of benzene rings is 1. The highest BCUT2D eigenvalue weighted by Crippen LogP contribution is 2.24. The zero-order chi connectivity index (χ0) is 15.4. The number of nitrogens with two attached hydrogens (primary N) is 1. The van der Waals surface area contributed by atoms with Gasteiger partial charge in [0.25, 0.3) is 0 Å². The standard InChI is InChI=1S/C15H19N3O3/c1-11-2-3-12(16)10-13(11)17-6-8-18(9-7-17)14(19)4-5-15(20)21/h2-5,10H,6-9,16H2,1H3,(H,20,21)/b5-4+. The van der Waals surface area contributed by atoms with Gasteiger partial charge in [-0.25, -0.2) is 4.79 Å². The Morgan fingerprint density at radius 2 is 1.86 bits per heavy atom. The van der Waals surface area contributed by atoms with E-state index in [0.29, 0.717) is 26.2 Å². The zero-order valence-electron chi connectivity index (χ0n) is 12.0. The van der Waals surface area contributed by atoms with Crippen molar-refractivity contribution in [3.63, 3.8) is 0 Å². The molecule has 21 heavy (non-hydrogen) atoms. The van der Waals surface area contributed by atoms with Crippen molar-refractivity contribution in [2.75, 3.05) is 36.8 Å². The van der Waals surface area contributed by atoms with Gasteiger partial charge in [0, 0.05) is 49.7 Å². The fraction of sp³-hybridized carbons (Fsp3) is 0.333. The van der Waals surface area contributed by atoms with E-state index in [1.165, 1.54) is 0 Å². The van der Waals surface area contributed by atoms with Crippen LogP contribution >= 0.6 is 0 Å². The number of aliphatic carboxylic acids is 1. The molecule has 1 aromatic carbocycles. The van der Waals surface area contributed by atoms with Crippen LogP contribution < -0.4 is 10.6 Å². The number of rotatable bonds is 3. The molecular formula is C15H19N3O3. The third-order valence-electron chi connectivity index (χ3n) is 3.53. The minimum Gasteiger partial charge on any atom is -0.478 e. The molecule has 0 radical (unpaired) electrons. The Morgan fingerprint density at radius 3 is 2.48 bits per heavy atom. The van der Waals surface area contributed by atoms with Gasteiger partial charge >= 0.3 is 5.97 Å². The number of carbonyl (C=O) groups excluding carboxylic acids is 1. The van der Waals surface area contributed by atoms with Gasteiger partial charge in [0.1, 0.15) is 0 Å². The lowest BCUT2D eigenvalue weighted by atomic mass is 10.1. The van der Waals surface area contributed by atoms with Crippen molar-refractivity contribution < 1.29 is 14.7 Å². The molecule has 0 bridgehead atoms. The van der Waals surface area contributed by atoms with Crippen LogP contribution in [0.2, 0.25) is 0 Å². The van der Waals surface area contributed by atoms with Crippen molar-refractivity contribution in [1.29, 1.82) is 0 Å². The average Bonchev–Trinajstić information content (AvgIpc) is 2.47. The minimum atomic E-state index is -1.11. The SMILES string of the molecule is Cc1ccc(N)cc1N1CCN(C(=O)/C=C/C(=O)O)CC1. The second kappa shape index (κ2) is 6.30. The van der Waals surface area contributed by atoms with E-state index in [1.54, 1.807) is 4.90 Å². The zero-order valence-corrected chi connectivity index (χ0v) is 12.0. The molecule has 1 fully saturated rings. The van der Waals surface area contributed by atoms with Crippen LogP contribution in [-0.2, 0) is 9.59 Å². The van der Waals surface area contributed by atoms with Crippen LogP contribution in [-0.4, -0.2) is 48.1 Å². The number of nitrogens with zero attached hydrogens (tertiary/aromatic N) is 2. The molecule has 1 aliphatic rings. The molecule has 1 saturated heterocycles. The van der Waals surface area contributed by atoms with Gasteiger partial charge in [-0.05, 0) is 24.6 Å². The monoisotopic (exact) mass is 289 g/mol. The Hall–Kier alpha value is -2.50. The van der Waals surface area contributed by atoms with Crippen LogP contribution in [0.25, 0.3) is 0 Å². The predicted octanol–water partition coefficient (Wildman–Crippen LogP) is 0.867. The number of hydrogen-bond acceptors (Lipinski definition) is 4. The van der Waals surface area contributed by atoms with Crippen LogP contribution in [0.3, 0.4) is 0 Å². The maximum Gasteiger partial charge on any atom is 0.328 e. The predicted molar refractivity (Wildman–Crippen MR) is 81.2 cm³/mol. The van der Waals surface area contributed by atoms with Crippen molar-refractivity contribution in [1.82, 2.24) is 4.90 Å². The van der Waals surface area contributed by atoms with Gasteiger partial charge in [-0.15, -0.1) is 0 Å². The van der Waals surface area contributed by atoms with Gasteiger partial charge in [0.15, 0.2) is 0 Å². The third-order valence-corrected chi connectivity index (χ3v) is 3.53. The first kappa shape index (κ1) is 14.9. The highest BCUT2D eigenvalue weighted by Gasteiger charge is 2.20. The number of amides is 1. The number of nitrogen functional groups attached to an aromatic ring is 1. The maximum atomic E-state index is 11.8. The van der Waals surface area contributed by atoms with Gasteiger partial charge in [-0.1, -0.05) is 6.07 Å². The summed E-state index contributed by atoms with van der Waals surface area (Å²) in [5.74, 6) is -1.38. The first-order valence-electron chi connectivity index (χ1n) is 6.78. The van der Waals surface area contributed by atoms with E-state index in [4.69, 9.17) is 10.8 Å². The second-order valence-electron chi connectivity index (χ2n) is 5.03. The van der Waals surface area contributed by atoms with E-state index in [-0.39, 0.29) is 5.91 Å². The molecule has 6 heteroatoms. The molecule has 2 rings (SSSR count). The van der Waals surface area contributed by atoms with Crippen molar-refractivity contribution >= 4 is 23.3 Å². The molecule has 1 aliphatic heterocycles. The summed E-state index contributed by atoms with van der Waals surface area (Å²) in [7, 11) is 0. The van der Waals surface area contributed by atoms with Crippen LogP contribution in [0.15, 0.2) is 30.4 Å². The number of aryl methyl sites for hydroxylation is 1. The van der Waals surface area contributed by atoms with Gasteiger partial charge < -0.3 is 20.6 Å². The molecule has 0 aromatic heterocycles. The summed E-state index contributed by atoms with van der Waals surface area (Å²) in [5, 5.41) is 8.53. The Morgan fingerprint density at radius 1 is 1.19 bits per heavy atom. The van der Waals surface area contributed by atoms with Crippen LogP contribution in [0.5, 0.6) is 0 Å². The fourth-order valence-electron chi connectivity index (χ4n) is 2.38. The number of carbonyl (C=O) groups is 2. The lowest BCUT2D eigenvalue weighted by Gasteiger charge is -2.36. The summed E-state index contributed by atoms with van der Waals surface area (Å²) in [6.45, 7) is 4.57. The van der Waals surface area contributed by atoms with Crippen LogP contribution in [0.1, 0.15) is 5.56 Å². The summed E-state index contributed by atoms with van der Waals surface area (Å²) in [6, 6.07) is 5.80. The Bertz CT molecular complexity index is 576. The minimum absolute atomic E-state index is 0.263. The van der Waals surface area contributed by atoms with Crippen LogP contribution in [0, 0.1) is 6.92 Å². The fourth-order valence-corrected chi connectivity index (χ4v) is 2.38. The Kier molecular flexibility index (Phi) is 4.47. The summed E-state index contributed by atoms with van der Waals surface area (Å²) in [4.78, 5) is 26.1. The average molecular weight is 289 g/mol. The lowest BCUT2D eigenvalue weighted by molar-refractivity contribution is -0.132. The van der Waals surface area contributed by atoms with E-state index in [1.807, 2.05) is 25.1 Å². The summed E-state index contributed by atoms with van der Waals surface area (Å²) < 4.78 is 0. The van der Waals surface area contributed by atoms with Crippen molar-refractivity contribution in [3.8, 4) is 0 Å². The molecule has 0 saturated carbocycles. The lowest BCUT2D eigenvalue weighted by Crippen LogP contribution is -2.48. The molecule has 1 amide bonds. The molecule has 3 N–H and O–H groups in total. The van der Waals surface area contributed by atoms with Gasteiger partial charge in [0.05, 0.1) is 0 Å². The van der Waals surface area contributed by atoms with E-state index in [2.05, 4.69) is 4.90 Å². The molecule has 1 aromatic rings. The first-order valence-corrected chi connectivity index (χ1v) is 6.78. The van der Waals surface area contributed by atoms with E-state index in [9.17, 15) is 9.59 Å². The molecule has 6 nitrogen and oxygen atoms in total.